The first kappa shape index (κ1) is 29.0. The lowest BCUT2D eigenvalue weighted by Gasteiger charge is -2.25. The minimum atomic E-state index is -4.35. The number of aromatic nitrogens is 2. The van der Waals surface area contributed by atoms with Gasteiger partial charge in [-0.1, -0.05) is 23.3 Å². The SMILES string of the molecule is CC(C)OC(=O)[C@H](C)NP(=O)(OC[C@H]1O[C@@H](n2cc(F)c(=O)[nH]c2=O)[C@H](N=[N+]=[N-])[C@@H]1O)Oc1ccccc1. The van der Waals surface area contributed by atoms with Gasteiger partial charge in [-0.2, -0.15) is 9.48 Å². The molecule has 1 aromatic heterocycles. The second kappa shape index (κ2) is 12.3. The minimum absolute atomic E-state index is 0.126. The van der Waals surface area contributed by atoms with Gasteiger partial charge in [0.05, 0.1) is 25.0 Å². The van der Waals surface area contributed by atoms with Gasteiger partial charge in [0.15, 0.2) is 0 Å². The summed E-state index contributed by atoms with van der Waals surface area (Å²) in [5.41, 5.74) is 6.55. The van der Waals surface area contributed by atoms with Crippen LogP contribution in [-0.4, -0.2) is 57.6 Å². The van der Waals surface area contributed by atoms with Gasteiger partial charge >= 0.3 is 19.4 Å². The maximum atomic E-state index is 13.8. The summed E-state index contributed by atoms with van der Waals surface area (Å²) in [5, 5.41) is 16.6. The number of ether oxygens (including phenoxy) is 2. The Morgan fingerprint density at radius 1 is 1.34 bits per heavy atom. The summed E-state index contributed by atoms with van der Waals surface area (Å²) < 4.78 is 49.7. The average molecular weight is 556 g/mol. The van der Waals surface area contributed by atoms with E-state index in [2.05, 4.69) is 15.1 Å². The number of hydrogen-bond acceptors (Lipinski definition) is 10. The van der Waals surface area contributed by atoms with Gasteiger partial charge in [-0.15, -0.1) is 0 Å². The molecule has 2 heterocycles. The average Bonchev–Trinajstić information content (AvgIpc) is 3.15. The number of nitrogens with zero attached hydrogens (tertiary/aromatic N) is 4. The van der Waals surface area contributed by atoms with Gasteiger partial charge < -0.3 is 19.1 Å². The molecule has 0 spiro atoms. The predicted octanol–water partition coefficient (Wildman–Crippen LogP) is 1.75. The zero-order chi connectivity index (χ0) is 28.0. The molecule has 2 aromatic rings. The van der Waals surface area contributed by atoms with E-state index < -0.39 is 74.0 Å². The van der Waals surface area contributed by atoms with Crippen LogP contribution in [0.3, 0.4) is 0 Å². The van der Waals surface area contributed by atoms with Crippen LogP contribution >= 0.6 is 7.75 Å². The molecule has 0 radical (unpaired) electrons. The number of esters is 1. The Hall–Kier alpha value is -3.52. The lowest BCUT2D eigenvalue weighted by molar-refractivity contribution is -0.149. The summed E-state index contributed by atoms with van der Waals surface area (Å²) in [6, 6.07) is 5.27. The normalized spacial score (nSPS) is 23.3. The molecular formula is C21H26FN6O9P. The maximum absolute atomic E-state index is 13.8. The quantitative estimate of drug-likeness (QED) is 0.120. The molecule has 1 fully saturated rings. The number of azide groups is 1. The Morgan fingerprint density at radius 2 is 2.03 bits per heavy atom. The molecule has 6 atom stereocenters. The van der Waals surface area contributed by atoms with Crippen molar-refractivity contribution < 1.29 is 37.4 Å². The van der Waals surface area contributed by atoms with E-state index in [0.717, 1.165) is 0 Å². The molecule has 1 saturated heterocycles. The van der Waals surface area contributed by atoms with Crippen molar-refractivity contribution in [2.75, 3.05) is 6.61 Å². The van der Waals surface area contributed by atoms with E-state index >= 15 is 0 Å². The number of aliphatic hydroxyl groups excluding tert-OH is 1. The van der Waals surface area contributed by atoms with Gasteiger partial charge in [-0.3, -0.25) is 23.7 Å². The number of nitrogens with one attached hydrogen (secondary N) is 2. The van der Waals surface area contributed by atoms with Crippen LogP contribution in [0.2, 0.25) is 0 Å². The molecule has 0 amide bonds. The Bertz CT molecular complexity index is 1350. The van der Waals surface area contributed by atoms with Crippen LogP contribution < -0.4 is 20.9 Å². The highest BCUT2D eigenvalue weighted by Crippen LogP contribution is 2.46. The summed E-state index contributed by atoms with van der Waals surface area (Å²) in [6.07, 6.45) is -4.44. The third kappa shape index (κ3) is 7.07. The van der Waals surface area contributed by atoms with Gasteiger partial charge in [0, 0.05) is 4.91 Å². The van der Waals surface area contributed by atoms with Gasteiger partial charge in [-0.05, 0) is 38.4 Å². The highest BCUT2D eigenvalue weighted by molar-refractivity contribution is 7.52. The zero-order valence-corrected chi connectivity index (χ0v) is 21.4. The van der Waals surface area contributed by atoms with Crippen LogP contribution in [0, 0.1) is 5.82 Å². The fraction of sp³-hybridized carbons (Fsp3) is 0.476. The van der Waals surface area contributed by atoms with Crippen molar-refractivity contribution in [1.29, 1.82) is 0 Å². The van der Waals surface area contributed by atoms with E-state index in [1.165, 1.54) is 19.1 Å². The highest BCUT2D eigenvalue weighted by Gasteiger charge is 2.46. The number of H-pyrrole nitrogens is 1. The molecular weight excluding hydrogens is 530 g/mol. The van der Waals surface area contributed by atoms with Crippen molar-refractivity contribution in [2.24, 2.45) is 5.11 Å². The molecule has 1 aromatic carbocycles. The summed E-state index contributed by atoms with van der Waals surface area (Å²) >= 11 is 0. The minimum Gasteiger partial charge on any atom is -0.462 e. The number of benzene rings is 1. The van der Waals surface area contributed by atoms with Crippen LogP contribution in [-0.2, 0) is 23.4 Å². The lowest BCUT2D eigenvalue weighted by Crippen LogP contribution is -2.38. The van der Waals surface area contributed by atoms with Gasteiger partial charge in [-0.25, -0.2) is 9.36 Å². The number of halogens is 1. The maximum Gasteiger partial charge on any atom is 0.459 e. The molecule has 38 heavy (non-hydrogen) atoms. The Morgan fingerprint density at radius 3 is 2.66 bits per heavy atom. The van der Waals surface area contributed by atoms with Crippen LogP contribution in [0.15, 0.2) is 51.2 Å². The molecule has 0 aliphatic carbocycles. The topological polar surface area (TPSA) is 207 Å². The molecule has 1 unspecified atom stereocenters. The van der Waals surface area contributed by atoms with Crippen LogP contribution in [0.25, 0.3) is 10.4 Å². The molecule has 1 aliphatic rings. The third-order valence-electron chi connectivity index (χ3n) is 5.16. The number of aliphatic hydroxyl groups is 1. The second-order valence-electron chi connectivity index (χ2n) is 8.43. The van der Waals surface area contributed by atoms with Crippen LogP contribution in [0.5, 0.6) is 5.75 Å². The van der Waals surface area contributed by atoms with Crippen molar-refractivity contribution in [3.8, 4) is 5.75 Å². The first-order valence-corrected chi connectivity index (χ1v) is 12.8. The Labute approximate surface area is 214 Å². The molecule has 206 valence electrons. The number of carbonyl (C=O) groups is 1. The first-order chi connectivity index (χ1) is 17.9. The number of hydrogen-bond donors (Lipinski definition) is 3. The van der Waals surface area contributed by atoms with E-state index in [-0.39, 0.29) is 5.75 Å². The van der Waals surface area contributed by atoms with E-state index in [1.807, 2.05) is 0 Å². The van der Waals surface area contributed by atoms with Crippen molar-refractivity contribution >= 4 is 13.7 Å². The van der Waals surface area contributed by atoms with Crippen molar-refractivity contribution in [2.45, 2.75) is 57.4 Å². The van der Waals surface area contributed by atoms with E-state index in [4.69, 9.17) is 24.1 Å². The van der Waals surface area contributed by atoms with E-state index in [9.17, 15) is 28.4 Å². The Kier molecular flexibility index (Phi) is 9.44. The molecule has 15 nitrogen and oxygen atoms in total. The summed E-state index contributed by atoms with van der Waals surface area (Å²) in [4.78, 5) is 40.2. The fourth-order valence-corrected chi connectivity index (χ4v) is 4.94. The Balaban J connectivity index is 1.84. The summed E-state index contributed by atoms with van der Waals surface area (Å²) in [5.74, 6) is -1.93. The zero-order valence-electron chi connectivity index (χ0n) is 20.5. The monoisotopic (exact) mass is 556 g/mol. The highest BCUT2D eigenvalue weighted by atomic mass is 31.2. The number of carbonyl (C=O) groups excluding carboxylic acids is 1. The lowest BCUT2D eigenvalue weighted by atomic mass is 10.1. The van der Waals surface area contributed by atoms with Gasteiger partial charge in [0.25, 0.3) is 5.56 Å². The van der Waals surface area contributed by atoms with Gasteiger partial charge in [0.2, 0.25) is 5.82 Å². The predicted molar refractivity (Wildman–Crippen MR) is 129 cm³/mol. The largest absolute Gasteiger partial charge is 0.462 e. The fourth-order valence-electron chi connectivity index (χ4n) is 3.44. The number of para-hydroxylation sites is 1. The van der Waals surface area contributed by atoms with E-state index in [0.29, 0.717) is 10.8 Å². The third-order valence-corrected chi connectivity index (χ3v) is 6.80. The summed E-state index contributed by atoms with van der Waals surface area (Å²) in [6.45, 7) is 3.99. The standard InChI is InChI=1S/C21H26FN6O9P/c1-11(2)35-20(31)12(3)26-38(33,37-13-7-5-4-6-8-13)34-10-15-17(29)16(25-27-23)19(36-15)28-9-14(22)18(30)24-21(28)32/h4-9,11-12,15-17,19,29H,10H2,1-3H3,(H,26,33)(H,24,30,32)/t12-,15+,16+,17+,19+,38?/m0/s1. The molecule has 17 heteroatoms. The smallest absolute Gasteiger partial charge is 0.459 e. The number of aromatic amines is 1. The molecule has 1 aliphatic heterocycles. The van der Waals surface area contributed by atoms with Gasteiger partial charge in [0.1, 0.15) is 30.2 Å². The van der Waals surface area contributed by atoms with Crippen molar-refractivity contribution in [3.63, 3.8) is 0 Å². The number of rotatable bonds is 11. The van der Waals surface area contributed by atoms with E-state index in [1.54, 1.807) is 37.0 Å². The summed E-state index contributed by atoms with van der Waals surface area (Å²) in [7, 11) is -4.35. The van der Waals surface area contributed by atoms with Crippen LogP contribution in [0.1, 0.15) is 27.0 Å². The van der Waals surface area contributed by atoms with Crippen molar-refractivity contribution in [1.82, 2.24) is 14.6 Å². The van der Waals surface area contributed by atoms with Crippen molar-refractivity contribution in [3.05, 3.63) is 73.6 Å². The molecule has 3 N–H and O–H groups in total. The second-order valence-corrected chi connectivity index (χ2v) is 10.1. The molecule has 3 rings (SSSR count). The molecule has 0 saturated carbocycles. The van der Waals surface area contributed by atoms with Crippen LogP contribution in [0.4, 0.5) is 4.39 Å². The first-order valence-electron chi connectivity index (χ1n) is 11.3. The molecule has 0 bridgehead atoms.